The topological polar surface area (TPSA) is 44.9 Å². The number of aryl methyl sites for hydroxylation is 1. The van der Waals surface area contributed by atoms with Gasteiger partial charge in [-0.2, -0.15) is 5.10 Å². The second-order valence-corrected chi connectivity index (χ2v) is 15.0. The summed E-state index contributed by atoms with van der Waals surface area (Å²) < 4.78 is 11.0. The van der Waals surface area contributed by atoms with Crippen molar-refractivity contribution in [3.8, 4) is 34.1 Å². The molecule has 254 valence electrons. The number of hydrogen-bond donors (Lipinski definition) is 0. The Balaban J connectivity index is 1.34. The van der Waals surface area contributed by atoms with Gasteiger partial charge in [0.15, 0.2) is 0 Å². The van der Waals surface area contributed by atoms with Gasteiger partial charge in [-0.25, -0.2) is 9.67 Å². The Kier molecular flexibility index (Phi) is 8.63. The lowest BCUT2D eigenvalue weighted by atomic mass is 9.82. The van der Waals surface area contributed by atoms with Gasteiger partial charge in [0.05, 0.1) is 28.1 Å². The number of nitrogens with zero attached hydrogens (tertiary/aromatic N) is 4. The fourth-order valence-corrected chi connectivity index (χ4v) is 6.99. The van der Waals surface area contributed by atoms with E-state index in [1.807, 2.05) is 18.3 Å². The van der Waals surface area contributed by atoms with E-state index in [0.29, 0.717) is 0 Å². The van der Waals surface area contributed by atoms with Crippen LogP contribution in [0.5, 0.6) is 11.5 Å². The van der Waals surface area contributed by atoms with E-state index in [2.05, 4.69) is 156 Å². The molecule has 0 radical (unpaired) electrons. The van der Waals surface area contributed by atoms with Crippen molar-refractivity contribution >= 4 is 21.8 Å². The Labute approximate surface area is 296 Å². The van der Waals surface area contributed by atoms with Crippen LogP contribution in [0.4, 0.5) is 0 Å². The van der Waals surface area contributed by atoms with Gasteiger partial charge < -0.3 is 4.74 Å². The van der Waals surface area contributed by atoms with E-state index in [1.54, 1.807) is 0 Å². The molecule has 0 saturated carbocycles. The predicted octanol–water partition coefficient (Wildman–Crippen LogP) is 11.9. The van der Waals surface area contributed by atoms with Gasteiger partial charge in [0.1, 0.15) is 17.3 Å². The van der Waals surface area contributed by atoms with Crippen molar-refractivity contribution in [3.63, 3.8) is 0 Å². The standard InChI is InChI=1S/C45H48N4O/c1-9-38-43(30-16-13-12-14-17-30)39(10-2)49(47-38)33-18-15-19-34(28-33)50-35-21-22-36-37-26-32(45(7,8)11-3)20-23-40(37)48(41(36)29-35)42-27-31(24-25-46-42)44(4,5)6/h12-29H,9-11H2,1-8H3. The minimum atomic E-state index is 0.0000272. The number of benzene rings is 4. The third-order valence-corrected chi connectivity index (χ3v) is 10.3. The van der Waals surface area contributed by atoms with Crippen LogP contribution in [0.3, 0.4) is 0 Å². The molecular formula is C45H48N4O. The summed E-state index contributed by atoms with van der Waals surface area (Å²) >= 11 is 0. The van der Waals surface area contributed by atoms with Crippen LogP contribution in [0.2, 0.25) is 0 Å². The van der Waals surface area contributed by atoms with Crippen molar-refractivity contribution in [1.29, 1.82) is 0 Å². The van der Waals surface area contributed by atoms with Crippen LogP contribution in [-0.4, -0.2) is 19.3 Å². The molecule has 5 nitrogen and oxygen atoms in total. The Hall–Kier alpha value is -5.16. The zero-order valence-corrected chi connectivity index (χ0v) is 30.7. The molecule has 7 rings (SSSR count). The minimum absolute atomic E-state index is 0.0000272. The highest BCUT2D eigenvalue weighted by molar-refractivity contribution is 6.09. The summed E-state index contributed by atoms with van der Waals surface area (Å²) in [5, 5.41) is 7.52. The zero-order chi connectivity index (χ0) is 35.2. The third-order valence-electron chi connectivity index (χ3n) is 10.3. The first kappa shape index (κ1) is 33.3. The van der Waals surface area contributed by atoms with Crippen LogP contribution in [0, 0.1) is 0 Å². The van der Waals surface area contributed by atoms with Crippen molar-refractivity contribution in [2.45, 2.75) is 85.5 Å². The molecule has 0 saturated heterocycles. The number of fused-ring (bicyclic) bond motifs is 3. The monoisotopic (exact) mass is 660 g/mol. The van der Waals surface area contributed by atoms with E-state index in [4.69, 9.17) is 14.8 Å². The lowest BCUT2D eigenvalue weighted by molar-refractivity contribution is 0.482. The van der Waals surface area contributed by atoms with E-state index in [9.17, 15) is 0 Å². The minimum Gasteiger partial charge on any atom is -0.457 e. The summed E-state index contributed by atoms with van der Waals surface area (Å²) in [5.74, 6) is 2.45. The van der Waals surface area contributed by atoms with Crippen LogP contribution in [0.25, 0.3) is 44.4 Å². The second kappa shape index (κ2) is 12.9. The summed E-state index contributed by atoms with van der Waals surface area (Å²) in [5.41, 5.74) is 10.6. The van der Waals surface area contributed by atoms with Crippen LogP contribution >= 0.6 is 0 Å². The molecule has 0 spiro atoms. The van der Waals surface area contributed by atoms with E-state index < -0.39 is 0 Å². The first-order valence-corrected chi connectivity index (χ1v) is 18.0. The molecule has 0 aliphatic rings. The third kappa shape index (κ3) is 6.00. The first-order valence-electron chi connectivity index (χ1n) is 18.0. The fraction of sp³-hybridized carbons (Fsp3) is 0.289. The highest BCUT2D eigenvalue weighted by atomic mass is 16.5. The smallest absolute Gasteiger partial charge is 0.137 e. The molecule has 3 aromatic heterocycles. The molecule has 0 N–H and O–H groups in total. The number of rotatable bonds is 9. The summed E-state index contributed by atoms with van der Waals surface area (Å²) in [6.45, 7) is 18.0. The van der Waals surface area contributed by atoms with Gasteiger partial charge in [0, 0.05) is 34.7 Å². The molecule has 0 amide bonds. The first-order chi connectivity index (χ1) is 24.0. The van der Waals surface area contributed by atoms with Crippen LogP contribution in [0.1, 0.15) is 84.3 Å². The Morgan fingerprint density at radius 1 is 0.660 bits per heavy atom. The van der Waals surface area contributed by atoms with Gasteiger partial charge in [0.2, 0.25) is 0 Å². The zero-order valence-electron chi connectivity index (χ0n) is 30.7. The van der Waals surface area contributed by atoms with E-state index in [0.717, 1.165) is 59.0 Å². The maximum atomic E-state index is 6.66. The highest BCUT2D eigenvalue weighted by Crippen LogP contribution is 2.39. The molecule has 7 aromatic rings. The molecule has 0 unspecified atom stereocenters. The normalized spacial score (nSPS) is 12.2. The van der Waals surface area contributed by atoms with Gasteiger partial charge in [-0.3, -0.25) is 4.57 Å². The summed E-state index contributed by atoms with van der Waals surface area (Å²) in [7, 11) is 0. The average Bonchev–Trinajstić information content (AvgIpc) is 3.67. The van der Waals surface area contributed by atoms with Crippen molar-refractivity contribution in [2.24, 2.45) is 0 Å². The molecular weight excluding hydrogens is 613 g/mol. The molecule has 50 heavy (non-hydrogen) atoms. The van der Waals surface area contributed by atoms with Crippen LogP contribution in [0.15, 0.2) is 109 Å². The number of hydrogen-bond acceptors (Lipinski definition) is 3. The Morgan fingerprint density at radius 2 is 1.44 bits per heavy atom. The van der Waals surface area contributed by atoms with Gasteiger partial charge in [0.25, 0.3) is 0 Å². The molecule has 4 aromatic carbocycles. The maximum Gasteiger partial charge on any atom is 0.137 e. The lowest BCUT2D eigenvalue weighted by Gasteiger charge is -2.23. The van der Waals surface area contributed by atoms with Crippen molar-refractivity contribution in [2.75, 3.05) is 0 Å². The second-order valence-electron chi connectivity index (χ2n) is 15.0. The Bertz CT molecular complexity index is 2320. The molecule has 0 atom stereocenters. The molecule has 5 heteroatoms. The van der Waals surface area contributed by atoms with Crippen LogP contribution in [-0.2, 0) is 23.7 Å². The number of aromatic nitrogens is 4. The molecule has 3 heterocycles. The quantitative estimate of drug-likeness (QED) is 0.155. The number of pyridine rings is 1. The van der Waals surface area contributed by atoms with Gasteiger partial charge in [-0.15, -0.1) is 0 Å². The fourth-order valence-electron chi connectivity index (χ4n) is 6.99. The van der Waals surface area contributed by atoms with E-state index in [-0.39, 0.29) is 10.8 Å². The highest BCUT2D eigenvalue weighted by Gasteiger charge is 2.23. The van der Waals surface area contributed by atoms with Gasteiger partial charge >= 0.3 is 0 Å². The van der Waals surface area contributed by atoms with Crippen molar-refractivity contribution in [3.05, 3.63) is 132 Å². The number of ether oxygens (including phenoxy) is 1. The van der Waals surface area contributed by atoms with E-state index in [1.165, 1.54) is 38.7 Å². The average molecular weight is 661 g/mol. The molecule has 0 bridgehead atoms. The molecule has 0 aliphatic carbocycles. The summed E-state index contributed by atoms with van der Waals surface area (Å²) in [4.78, 5) is 4.91. The predicted molar refractivity (Wildman–Crippen MR) is 208 cm³/mol. The van der Waals surface area contributed by atoms with Gasteiger partial charge in [-0.05, 0) is 95.3 Å². The van der Waals surface area contributed by atoms with Crippen LogP contribution < -0.4 is 4.74 Å². The largest absolute Gasteiger partial charge is 0.457 e. The van der Waals surface area contributed by atoms with E-state index >= 15 is 0 Å². The summed E-state index contributed by atoms with van der Waals surface area (Å²) in [6.07, 6.45) is 4.72. The molecule has 0 aliphatic heterocycles. The maximum absolute atomic E-state index is 6.66. The summed E-state index contributed by atoms with van der Waals surface area (Å²) in [6, 6.07) is 36.6. The van der Waals surface area contributed by atoms with Crippen molar-refractivity contribution < 1.29 is 4.74 Å². The lowest BCUT2D eigenvalue weighted by Crippen LogP contribution is -2.15. The molecule has 0 fully saturated rings. The Morgan fingerprint density at radius 3 is 2.16 bits per heavy atom. The SMILES string of the molecule is CCc1nn(-c2cccc(Oc3ccc4c5cc(C(C)(C)CC)ccc5n(-c5cc(C(C)(C)C)ccn5)c4c3)c2)c(CC)c1-c1ccccc1. The van der Waals surface area contributed by atoms with Crippen molar-refractivity contribution in [1.82, 2.24) is 19.3 Å². The van der Waals surface area contributed by atoms with Gasteiger partial charge in [-0.1, -0.05) is 97.9 Å².